The van der Waals surface area contributed by atoms with Gasteiger partial charge in [-0.25, -0.2) is 4.99 Å². The summed E-state index contributed by atoms with van der Waals surface area (Å²) < 4.78 is 46.0. The van der Waals surface area contributed by atoms with Crippen molar-refractivity contribution in [1.82, 2.24) is 0 Å². The number of aliphatic imine (C=N–C) groups is 1. The van der Waals surface area contributed by atoms with Crippen LogP contribution in [0.5, 0.6) is 11.5 Å². The maximum absolute atomic E-state index is 13.2. The molecule has 0 radical (unpaired) electrons. The summed E-state index contributed by atoms with van der Waals surface area (Å²) in [4.78, 5) is 31.7. The zero-order chi connectivity index (χ0) is 26.4. The van der Waals surface area contributed by atoms with Crippen molar-refractivity contribution in [1.29, 1.82) is 0 Å². The monoisotopic (exact) mass is 527 g/mol. The lowest BCUT2D eigenvalue weighted by Crippen LogP contribution is -2.31. The summed E-state index contributed by atoms with van der Waals surface area (Å²) in [7, 11) is 1.55. The number of hydrogen-bond acceptors (Lipinski definition) is 6. The lowest BCUT2D eigenvalue weighted by atomic mass is 10.2. The first-order valence-corrected chi connectivity index (χ1v) is 11.8. The summed E-state index contributed by atoms with van der Waals surface area (Å²) in [6.07, 6.45) is -3.16. The molecule has 1 aliphatic rings. The Kier molecular flexibility index (Phi) is 7.83. The van der Waals surface area contributed by atoms with Crippen LogP contribution in [0.2, 0.25) is 0 Å². The second-order valence-electron chi connectivity index (χ2n) is 7.59. The third-order valence-electron chi connectivity index (χ3n) is 4.95. The SMILES string of the molecule is COc1cccc(C=C2N=C(SCC(=O)Nc3ccc(OC(F)(F)F)cc3)N(c3ccccc3)C2=O)c1. The average molecular weight is 528 g/mol. The first kappa shape index (κ1) is 25.8. The van der Waals surface area contributed by atoms with Crippen LogP contribution < -0.4 is 19.7 Å². The van der Waals surface area contributed by atoms with Gasteiger partial charge in [0, 0.05) is 5.69 Å². The Morgan fingerprint density at radius 1 is 1.03 bits per heavy atom. The summed E-state index contributed by atoms with van der Waals surface area (Å²) in [5.74, 6) is -0.636. The first-order valence-electron chi connectivity index (χ1n) is 10.8. The third-order valence-corrected chi connectivity index (χ3v) is 5.88. The van der Waals surface area contributed by atoms with E-state index in [1.165, 1.54) is 17.0 Å². The van der Waals surface area contributed by atoms with Crippen molar-refractivity contribution in [2.24, 2.45) is 4.99 Å². The molecule has 0 bridgehead atoms. The molecule has 190 valence electrons. The number of benzene rings is 3. The number of amides is 2. The van der Waals surface area contributed by atoms with Crippen LogP contribution in [0.3, 0.4) is 0 Å². The Morgan fingerprint density at radius 2 is 1.76 bits per heavy atom. The van der Waals surface area contributed by atoms with Gasteiger partial charge in [-0.2, -0.15) is 0 Å². The zero-order valence-corrected chi connectivity index (χ0v) is 20.2. The maximum atomic E-state index is 13.2. The van der Waals surface area contributed by atoms with Crippen LogP contribution in [0.15, 0.2) is 89.6 Å². The number of alkyl halides is 3. The normalized spacial score (nSPS) is 14.5. The predicted octanol–water partition coefficient (Wildman–Crippen LogP) is 5.71. The molecule has 2 amide bonds. The molecular formula is C26H20F3N3O4S. The van der Waals surface area contributed by atoms with E-state index in [2.05, 4.69) is 15.0 Å². The highest BCUT2D eigenvalue weighted by molar-refractivity contribution is 8.14. The minimum absolute atomic E-state index is 0.0946. The van der Waals surface area contributed by atoms with Gasteiger partial charge in [-0.05, 0) is 60.2 Å². The molecule has 4 rings (SSSR count). The van der Waals surface area contributed by atoms with E-state index in [0.29, 0.717) is 22.3 Å². The van der Waals surface area contributed by atoms with E-state index in [-0.39, 0.29) is 17.4 Å². The highest BCUT2D eigenvalue weighted by Crippen LogP contribution is 2.30. The summed E-state index contributed by atoms with van der Waals surface area (Å²) in [5.41, 5.74) is 1.80. The van der Waals surface area contributed by atoms with Gasteiger partial charge in [-0.1, -0.05) is 42.1 Å². The molecule has 0 aromatic heterocycles. The number of carbonyl (C=O) groups excluding carboxylic acids is 2. The first-order chi connectivity index (χ1) is 17.7. The van der Waals surface area contributed by atoms with Crippen LogP contribution in [0.1, 0.15) is 5.56 Å². The van der Waals surface area contributed by atoms with Gasteiger partial charge in [0.15, 0.2) is 5.17 Å². The van der Waals surface area contributed by atoms with Crippen LogP contribution in [-0.2, 0) is 9.59 Å². The van der Waals surface area contributed by atoms with E-state index < -0.39 is 18.0 Å². The topological polar surface area (TPSA) is 80.2 Å². The largest absolute Gasteiger partial charge is 0.573 e. The molecular weight excluding hydrogens is 507 g/mol. The van der Waals surface area contributed by atoms with Crippen molar-refractivity contribution in [2.45, 2.75) is 6.36 Å². The number of halogens is 3. The number of nitrogens with one attached hydrogen (secondary N) is 1. The van der Waals surface area contributed by atoms with Gasteiger partial charge in [0.05, 0.1) is 18.6 Å². The van der Waals surface area contributed by atoms with E-state index in [0.717, 1.165) is 29.5 Å². The van der Waals surface area contributed by atoms with E-state index in [1.807, 2.05) is 12.1 Å². The standard InChI is InChI=1S/C26H20F3N3O4S/c1-35-21-9-5-6-17(14-21)15-22-24(34)32(19-7-3-2-4-8-19)25(31-22)37-16-23(33)30-18-10-12-20(13-11-18)36-26(27,28)29/h2-15H,16H2,1H3,(H,30,33). The molecule has 3 aromatic rings. The number of amidine groups is 1. The van der Waals surface area contributed by atoms with Crippen LogP contribution in [-0.4, -0.2) is 36.2 Å². The molecule has 0 saturated carbocycles. The molecule has 0 unspecified atom stereocenters. The molecule has 0 aliphatic carbocycles. The lowest BCUT2D eigenvalue weighted by Gasteiger charge is -2.17. The minimum Gasteiger partial charge on any atom is -0.497 e. The van der Waals surface area contributed by atoms with Gasteiger partial charge in [-0.3, -0.25) is 14.5 Å². The number of methoxy groups -OCH3 is 1. The summed E-state index contributed by atoms with van der Waals surface area (Å²) in [6, 6.07) is 20.9. The van der Waals surface area contributed by atoms with Crippen molar-refractivity contribution >= 4 is 46.2 Å². The molecule has 37 heavy (non-hydrogen) atoms. The van der Waals surface area contributed by atoms with Crippen LogP contribution >= 0.6 is 11.8 Å². The Labute approximate surface area is 214 Å². The number of carbonyl (C=O) groups is 2. The Morgan fingerprint density at radius 3 is 2.43 bits per heavy atom. The van der Waals surface area contributed by atoms with Gasteiger partial charge < -0.3 is 14.8 Å². The summed E-state index contributed by atoms with van der Waals surface area (Å²) in [5, 5.41) is 2.92. The van der Waals surface area contributed by atoms with Gasteiger partial charge in [0.1, 0.15) is 17.2 Å². The van der Waals surface area contributed by atoms with Gasteiger partial charge in [0.2, 0.25) is 5.91 Å². The highest BCUT2D eigenvalue weighted by atomic mass is 32.2. The molecule has 0 atom stereocenters. The summed E-state index contributed by atoms with van der Waals surface area (Å²) >= 11 is 1.06. The number of rotatable bonds is 7. The molecule has 0 spiro atoms. The number of nitrogens with zero attached hydrogens (tertiary/aromatic N) is 2. The van der Waals surface area contributed by atoms with Crippen LogP contribution in [0.4, 0.5) is 24.5 Å². The lowest BCUT2D eigenvalue weighted by molar-refractivity contribution is -0.274. The van der Waals surface area contributed by atoms with Crippen LogP contribution in [0.25, 0.3) is 6.08 Å². The highest BCUT2D eigenvalue weighted by Gasteiger charge is 2.33. The Hall–Kier alpha value is -4.25. The fraction of sp³-hybridized carbons (Fsp3) is 0.115. The third kappa shape index (κ3) is 6.91. The molecule has 1 N–H and O–H groups in total. The quantitative estimate of drug-likeness (QED) is 0.398. The Balaban J connectivity index is 1.49. The fourth-order valence-corrected chi connectivity index (χ4v) is 4.17. The number of hydrogen-bond donors (Lipinski definition) is 1. The van der Waals surface area contributed by atoms with E-state index >= 15 is 0 Å². The van der Waals surface area contributed by atoms with E-state index in [4.69, 9.17) is 4.74 Å². The Bertz CT molecular complexity index is 1340. The molecule has 3 aromatic carbocycles. The molecule has 1 aliphatic heterocycles. The summed E-state index contributed by atoms with van der Waals surface area (Å²) in [6.45, 7) is 0. The predicted molar refractivity (Wildman–Crippen MR) is 137 cm³/mol. The maximum Gasteiger partial charge on any atom is 0.573 e. The van der Waals surface area contributed by atoms with Crippen molar-refractivity contribution in [3.05, 3.63) is 90.1 Å². The number of para-hydroxylation sites is 1. The smallest absolute Gasteiger partial charge is 0.497 e. The van der Waals surface area contributed by atoms with Crippen molar-refractivity contribution < 1.29 is 32.2 Å². The van der Waals surface area contributed by atoms with Crippen LogP contribution in [0, 0.1) is 0 Å². The van der Waals surface area contributed by atoms with E-state index in [1.54, 1.807) is 55.7 Å². The van der Waals surface area contributed by atoms with Crippen molar-refractivity contribution in [3.63, 3.8) is 0 Å². The average Bonchev–Trinajstić information content (AvgIpc) is 3.18. The van der Waals surface area contributed by atoms with Gasteiger partial charge >= 0.3 is 6.36 Å². The second kappa shape index (κ2) is 11.2. The minimum atomic E-state index is -4.80. The fourth-order valence-electron chi connectivity index (χ4n) is 3.35. The zero-order valence-electron chi connectivity index (χ0n) is 19.4. The van der Waals surface area contributed by atoms with Gasteiger partial charge in [-0.15, -0.1) is 13.2 Å². The molecule has 0 fully saturated rings. The van der Waals surface area contributed by atoms with E-state index in [9.17, 15) is 22.8 Å². The van der Waals surface area contributed by atoms with Crippen molar-refractivity contribution in [2.75, 3.05) is 23.1 Å². The number of thioether (sulfide) groups is 1. The number of ether oxygens (including phenoxy) is 2. The molecule has 11 heteroatoms. The van der Waals surface area contributed by atoms with Crippen molar-refractivity contribution in [3.8, 4) is 11.5 Å². The number of anilines is 2. The molecule has 0 saturated heterocycles. The molecule has 7 nitrogen and oxygen atoms in total. The van der Waals surface area contributed by atoms with Gasteiger partial charge in [0.25, 0.3) is 5.91 Å². The molecule has 1 heterocycles. The second-order valence-corrected chi connectivity index (χ2v) is 8.53.